The largest absolute Gasteiger partial charge is 0.448 e. The normalized spacial score (nSPS) is 16.7. The molecule has 1 atom stereocenters. The van der Waals surface area contributed by atoms with Gasteiger partial charge in [-0.3, -0.25) is 14.5 Å². The van der Waals surface area contributed by atoms with E-state index in [1.807, 2.05) is 111 Å². The van der Waals surface area contributed by atoms with E-state index >= 15 is 9.59 Å². The number of anilines is 2. The first-order valence-corrected chi connectivity index (χ1v) is 17.6. The molecule has 0 spiro atoms. The molecule has 1 fully saturated rings. The second-order valence-electron chi connectivity index (χ2n) is 14.4. The van der Waals surface area contributed by atoms with Crippen molar-refractivity contribution in [3.63, 3.8) is 0 Å². The number of fused-ring (bicyclic) bond motifs is 3. The number of benzene rings is 5. The van der Waals surface area contributed by atoms with Crippen molar-refractivity contribution in [3.8, 4) is 22.3 Å². The number of nitrogens with two attached hydrogens (primary N) is 1. The van der Waals surface area contributed by atoms with Crippen molar-refractivity contribution in [2.45, 2.75) is 50.6 Å². The van der Waals surface area contributed by atoms with Gasteiger partial charge < -0.3 is 15.4 Å². The highest BCUT2D eigenvalue weighted by Gasteiger charge is 2.54. The predicted molar refractivity (Wildman–Crippen MR) is 203 cm³/mol. The number of carbonyl (C=O) groups excluding carboxylic acids is 3. The van der Waals surface area contributed by atoms with Gasteiger partial charge in [-0.15, -0.1) is 0 Å². The van der Waals surface area contributed by atoms with Gasteiger partial charge in [0.1, 0.15) is 6.61 Å². The fraction of sp³-hybridized carbons (Fsp3) is 0.250. The van der Waals surface area contributed by atoms with Crippen molar-refractivity contribution < 1.29 is 19.1 Å². The zero-order valence-corrected chi connectivity index (χ0v) is 29.3. The highest BCUT2D eigenvalue weighted by molar-refractivity contribution is 6.24. The molecule has 1 aliphatic carbocycles. The number of carbonyl (C=O) groups is 3. The van der Waals surface area contributed by atoms with Crippen LogP contribution in [0.25, 0.3) is 22.3 Å². The lowest BCUT2D eigenvalue weighted by atomic mass is 9.79. The predicted octanol–water partition coefficient (Wildman–Crippen LogP) is 8.78. The molecule has 0 saturated carbocycles. The van der Waals surface area contributed by atoms with Crippen LogP contribution in [0.3, 0.4) is 0 Å². The molecular weight excluding hydrogens is 635 g/mol. The van der Waals surface area contributed by atoms with Gasteiger partial charge in [-0.2, -0.15) is 0 Å². The number of hydrogen-bond donors (Lipinski definition) is 1. The van der Waals surface area contributed by atoms with E-state index in [0.717, 1.165) is 39.1 Å². The van der Waals surface area contributed by atoms with Gasteiger partial charge in [-0.1, -0.05) is 103 Å². The fourth-order valence-electron chi connectivity index (χ4n) is 7.77. The van der Waals surface area contributed by atoms with Crippen molar-refractivity contribution in [2.24, 2.45) is 0 Å². The number of ketones is 2. The minimum Gasteiger partial charge on any atom is -0.448 e. The summed E-state index contributed by atoms with van der Waals surface area (Å²) in [5, 5.41) is 0. The van der Waals surface area contributed by atoms with Crippen LogP contribution in [0.2, 0.25) is 0 Å². The molecule has 7 heteroatoms. The monoisotopic (exact) mass is 677 g/mol. The number of nitrogen functional groups attached to an aromatic ring is 1. The number of ether oxygens (including phenoxy) is 1. The Morgan fingerprint density at radius 3 is 1.96 bits per heavy atom. The number of Topliss-reactive ketones (excluding diaryl/α,β-unsaturated/α-hetero) is 2. The quantitative estimate of drug-likeness (QED) is 0.0953. The highest BCUT2D eigenvalue weighted by atomic mass is 16.6. The molecule has 1 amide bonds. The smallest absolute Gasteiger partial charge is 0.410 e. The highest BCUT2D eigenvalue weighted by Crippen LogP contribution is 2.45. The summed E-state index contributed by atoms with van der Waals surface area (Å²) in [5.74, 6) is -0.757. The second-order valence-corrected chi connectivity index (χ2v) is 14.4. The zero-order valence-electron chi connectivity index (χ0n) is 29.3. The summed E-state index contributed by atoms with van der Waals surface area (Å²) in [6.07, 6.45) is 0.363. The molecule has 7 rings (SSSR count). The van der Waals surface area contributed by atoms with E-state index in [0.29, 0.717) is 30.6 Å². The Morgan fingerprint density at radius 2 is 1.33 bits per heavy atom. The van der Waals surface area contributed by atoms with E-state index in [9.17, 15) is 4.79 Å². The van der Waals surface area contributed by atoms with Crippen LogP contribution in [0.15, 0.2) is 127 Å². The Bertz CT molecular complexity index is 2040. The van der Waals surface area contributed by atoms with Crippen LogP contribution in [0, 0.1) is 0 Å². The van der Waals surface area contributed by atoms with Crippen LogP contribution in [0.1, 0.15) is 61.0 Å². The molecule has 5 aromatic rings. The average Bonchev–Trinajstić information content (AvgIpc) is 3.73. The van der Waals surface area contributed by atoms with Crippen molar-refractivity contribution in [1.82, 2.24) is 4.90 Å². The zero-order chi connectivity index (χ0) is 35.8. The number of rotatable bonds is 9. The molecule has 258 valence electrons. The third-order valence-corrected chi connectivity index (χ3v) is 10.3. The third-order valence-electron chi connectivity index (χ3n) is 10.3. The summed E-state index contributed by atoms with van der Waals surface area (Å²) in [7, 11) is 0. The van der Waals surface area contributed by atoms with E-state index in [-0.39, 0.29) is 30.6 Å². The Labute approximate surface area is 299 Å². The molecule has 2 aliphatic rings. The van der Waals surface area contributed by atoms with E-state index in [1.54, 1.807) is 18.2 Å². The van der Waals surface area contributed by atoms with E-state index < -0.39 is 17.2 Å². The minimum atomic E-state index is -1.54. The van der Waals surface area contributed by atoms with Gasteiger partial charge in [0.15, 0.2) is 17.1 Å². The molecule has 0 radical (unpaired) electrons. The maximum atomic E-state index is 15.2. The van der Waals surface area contributed by atoms with Gasteiger partial charge in [0.2, 0.25) is 0 Å². The van der Waals surface area contributed by atoms with Crippen molar-refractivity contribution in [1.29, 1.82) is 0 Å². The summed E-state index contributed by atoms with van der Waals surface area (Å²) < 4.78 is 6.09. The first-order valence-electron chi connectivity index (χ1n) is 17.6. The average molecular weight is 678 g/mol. The van der Waals surface area contributed by atoms with Gasteiger partial charge in [0.25, 0.3) is 0 Å². The summed E-state index contributed by atoms with van der Waals surface area (Å²) >= 11 is 0. The molecule has 0 bridgehead atoms. The number of nitrogens with zero attached hydrogens (tertiary/aromatic N) is 2. The Morgan fingerprint density at radius 1 is 0.765 bits per heavy atom. The Kier molecular flexibility index (Phi) is 8.98. The third kappa shape index (κ3) is 6.18. The number of hydrogen-bond acceptors (Lipinski definition) is 6. The molecule has 1 heterocycles. The molecule has 7 nitrogen and oxygen atoms in total. The maximum absolute atomic E-state index is 15.2. The van der Waals surface area contributed by atoms with Crippen LogP contribution in [0.5, 0.6) is 0 Å². The lowest BCUT2D eigenvalue weighted by Gasteiger charge is -2.41. The lowest BCUT2D eigenvalue weighted by Crippen LogP contribution is -2.61. The van der Waals surface area contributed by atoms with E-state index in [4.69, 9.17) is 10.5 Å². The lowest BCUT2D eigenvalue weighted by molar-refractivity contribution is -0.124. The first-order chi connectivity index (χ1) is 24.6. The van der Waals surface area contributed by atoms with Crippen LogP contribution >= 0.6 is 0 Å². The van der Waals surface area contributed by atoms with Gasteiger partial charge in [0, 0.05) is 34.9 Å². The van der Waals surface area contributed by atoms with Crippen LogP contribution in [0.4, 0.5) is 16.2 Å². The molecule has 2 N–H and O–H groups in total. The molecule has 0 unspecified atom stereocenters. The van der Waals surface area contributed by atoms with Crippen molar-refractivity contribution >= 4 is 29.0 Å². The van der Waals surface area contributed by atoms with Gasteiger partial charge in [-0.05, 0) is 91.3 Å². The summed E-state index contributed by atoms with van der Waals surface area (Å²) in [4.78, 5) is 47.8. The Balaban J connectivity index is 1.23. The maximum Gasteiger partial charge on any atom is 0.410 e. The standard InChI is InChI=1S/C44H43N3O4/c1-43(2,3)47(42(50)51-29-39-36-19-10-8-17-34(36)35-18-9-11-20-37(35)39)28-40(48)44(26-13-27-46(44)32-14-5-4-6-15-32)41(49)38-21-12-7-16-33(38)30-22-24-31(45)25-23-30/h4-12,14-25,39H,13,26-29,45H2,1-3H3/t44-/m1/s1. The van der Waals surface area contributed by atoms with Gasteiger partial charge in [0.05, 0.1) is 6.54 Å². The van der Waals surface area contributed by atoms with Crippen molar-refractivity contribution in [2.75, 3.05) is 30.3 Å². The minimum absolute atomic E-state index is 0.125. The summed E-state index contributed by atoms with van der Waals surface area (Å²) in [6.45, 7) is 6.01. The van der Waals surface area contributed by atoms with E-state index in [2.05, 4.69) is 24.3 Å². The van der Waals surface area contributed by atoms with Gasteiger partial charge >= 0.3 is 6.09 Å². The summed E-state index contributed by atoms with van der Waals surface area (Å²) in [5.41, 5.74) is 11.6. The number of amides is 1. The molecule has 1 aliphatic heterocycles. The molecular formula is C44H43N3O4. The first kappa shape index (κ1) is 33.8. The van der Waals surface area contributed by atoms with Crippen LogP contribution in [-0.4, -0.2) is 53.3 Å². The van der Waals surface area contributed by atoms with Crippen LogP contribution < -0.4 is 10.6 Å². The number of para-hydroxylation sites is 1. The van der Waals surface area contributed by atoms with Gasteiger partial charge in [-0.25, -0.2) is 4.79 Å². The molecule has 0 aromatic heterocycles. The fourth-order valence-corrected chi connectivity index (χ4v) is 7.77. The molecule has 51 heavy (non-hydrogen) atoms. The molecule has 1 saturated heterocycles. The SMILES string of the molecule is CC(C)(C)N(CC(=O)[C@@]1(C(=O)c2ccccc2-c2ccc(N)cc2)CCCN1c1ccccc1)C(=O)OCC1c2ccccc2-c2ccccc21. The summed E-state index contributed by atoms with van der Waals surface area (Å²) in [6, 6.07) is 40.8. The second kappa shape index (κ2) is 13.6. The Hall–Kier alpha value is -5.69. The molecule has 5 aromatic carbocycles. The topological polar surface area (TPSA) is 92.9 Å². The van der Waals surface area contributed by atoms with E-state index in [1.165, 1.54) is 4.90 Å². The van der Waals surface area contributed by atoms with Crippen LogP contribution in [-0.2, 0) is 9.53 Å². The van der Waals surface area contributed by atoms with Crippen molar-refractivity contribution in [3.05, 3.63) is 144 Å².